The Morgan fingerprint density at radius 2 is 2.00 bits per heavy atom. The van der Waals surface area contributed by atoms with Gasteiger partial charge in [-0.25, -0.2) is 0 Å². The van der Waals surface area contributed by atoms with E-state index >= 15 is 0 Å². The first-order valence-electron chi connectivity index (χ1n) is 5.43. The zero-order valence-corrected chi connectivity index (χ0v) is 11.7. The van der Waals surface area contributed by atoms with Crippen LogP contribution in [0.25, 0.3) is 0 Å². The number of benzene rings is 1. The lowest BCUT2D eigenvalue weighted by Crippen LogP contribution is -2.37. The number of amides is 1. The van der Waals surface area contributed by atoms with Crippen LogP contribution < -0.4 is 10.6 Å². The van der Waals surface area contributed by atoms with Crippen LogP contribution in [0.15, 0.2) is 24.3 Å². The van der Waals surface area contributed by atoms with Crippen LogP contribution in [0.2, 0.25) is 0 Å². The van der Waals surface area contributed by atoms with E-state index in [1.54, 1.807) is 0 Å². The number of carbonyl (C=O) groups is 1. The highest BCUT2D eigenvalue weighted by Gasteiger charge is 2.10. The first kappa shape index (κ1) is 13.3. The van der Waals surface area contributed by atoms with Crippen LogP contribution in [0.1, 0.15) is 20.3 Å². The second-order valence-corrected chi connectivity index (χ2v) is 4.91. The lowest BCUT2D eigenvalue weighted by Gasteiger charge is -2.14. The fourth-order valence-electron chi connectivity index (χ4n) is 1.26. The van der Waals surface area contributed by atoms with Crippen LogP contribution in [-0.4, -0.2) is 18.5 Å². The van der Waals surface area contributed by atoms with Crippen molar-refractivity contribution in [1.29, 1.82) is 0 Å². The second kappa shape index (κ2) is 6.73. The Kier molecular flexibility index (Phi) is 5.59. The fraction of sp³-hybridized carbons (Fsp3) is 0.417. The normalized spacial score (nSPS) is 11.9. The Bertz CT molecular complexity index is 337. The van der Waals surface area contributed by atoms with Crippen molar-refractivity contribution in [2.45, 2.75) is 26.3 Å². The van der Waals surface area contributed by atoms with Crippen molar-refractivity contribution in [3.8, 4) is 0 Å². The molecular formula is C12H17IN2O. The highest BCUT2D eigenvalue weighted by atomic mass is 127. The molecule has 0 bridgehead atoms. The fourth-order valence-corrected chi connectivity index (χ4v) is 1.62. The number of carbonyl (C=O) groups excluding carboxylic acids is 1. The Morgan fingerprint density at radius 3 is 2.56 bits per heavy atom. The number of hydrogen-bond donors (Lipinski definition) is 2. The van der Waals surface area contributed by atoms with Gasteiger partial charge in [0, 0.05) is 15.8 Å². The van der Waals surface area contributed by atoms with Crippen LogP contribution in [-0.2, 0) is 4.79 Å². The molecule has 0 fully saturated rings. The summed E-state index contributed by atoms with van der Waals surface area (Å²) in [5.74, 6) is 0.0420. The summed E-state index contributed by atoms with van der Waals surface area (Å²) in [6, 6.07) is 7.78. The molecule has 0 radical (unpaired) electrons. The standard InChI is InChI=1S/C12H17IN2O/c1-3-8-14-12(16)9(2)15-11-6-4-10(13)5-7-11/h4-7,9,15H,3,8H2,1-2H3,(H,14,16). The van der Waals surface area contributed by atoms with Gasteiger partial charge in [-0.15, -0.1) is 0 Å². The third-order valence-corrected chi connectivity index (χ3v) is 2.89. The molecule has 1 amide bonds. The number of nitrogens with one attached hydrogen (secondary N) is 2. The Labute approximate surface area is 110 Å². The van der Waals surface area contributed by atoms with E-state index in [2.05, 4.69) is 33.2 Å². The van der Waals surface area contributed by atoms with Crippen LogP contribution in [0, 0.1) is 3.57 Å². The number of hydrogen-bond acceptors (Lipinski definition) is 2. The first-order valence-corrected chi connectivity index (χ1v) is 6.51. The molecular weight excluding hydrogens is 315 g/mol. The van der Waals surface area contributed by atoms with Crippen molar-refractivity contribution in [1.82, 2.24) is 5.32 Å². The van der Waals surface area contributed by atoms with E-state index in [9.17, 15) is 4.79 Å². The summed E-state index contributed by atoms with van der Waals surface area (Å²) < 4.78 is 1.19. The Balaban J connectivity index is 2.47. The Hall–Kier alpha value is -0.780. The molecule has 0 aliphatic rings. The predicted octanol–water partition coefficient (Wildman–Crippen LogP) is 2.62. The summed E-state index contributed by atoms with van der Waals surface area (Å²) in [7, 11) is 0. The van der Waals surface area contributed by atoms with E-state index in [0.717, 1.165) is 18.7 Å². The van der Waals surface area contributed by atoms with Crippen molar-refractivity contribution in [2.24, 2.45) is 0 Å². The number of halogens is 1. The van der Waals surface area contributed by atoms with E-state index < -0.39 is 0 Å². The van der Waals surface area contributed by atoms with Crippen molar-refractivity contribution >= 4 is 34.2 Å². The van der Waals surface area contributed by atoms with Gasteiger partial charge in [0.2, 0.25) is 5.91 Å². The van der Waals surface area contributed by atoms with Gasteiger partial charge in [-0.1, -0.05) is 6.92 Å². The minimum Gasteiger partial charge on any atom is -0.374 e. The molecule has 2 N–H and O–H groups in total. The van der Waals surface area contributed by atoms with Gasteiger partial charge in [0.05, 0.1) is 0 Å². The van der Waals surface area contributed by atoms with Crippen molar-refractivity contribution in [2.75, 3.05) is 11.9 Å². The van der Waals surface area contributed by atoms with E-state index in [1.807, 2.05) is 38.1 Å². The van der Waals surface area contributed by atoms with Crippen LogP contribution in [0.3, 0.4) is 0 Å². The minimum absolute atomic E-state index is 0.0420. The summed E-state index contributed by atoms with van der Waals surface area (Å²) >= 11 is 2.25. The Morgan fingerprint density at radius 1 is 1.38 bits per heavy atom. The molecule has 0 aromatic heterocycles. The van der Waals surface area contributed by atoms with Crippen LogP contribution in [0.5, 0.6) is 0 Å². The molecule has 0 saturated carbocycles. The molecule has 1 aromatic rings. The maximum Gasteiger partial charge on any atom is 0.242 e. The van der Waals surface area contributed by atoms with E-state index in [0.29, 0.717) is 0 Å². The molecule has 1 unspecified atom stereocenters. The minimum atomic E-state index is -0.202. The molecule has 0 saturated heterocycles. The molecule has 16 heavy (non-hydrogen) atoms. The highest BCUT2D eigenvalue weighted by molar-refractivity contribution is 14.1. The van der Waals surface area contributed by atoms with E-state index in [4.69, 9.17) is 0 Å². The van der Waals surface area contributed by atoms with Crippen molar-refractivity contribution in [3.63, 3.8) is 0 Å². The second-order valence-electron chi connectivity index (χ2n) is 3.66. The van der Waals surface area contributed by atoms with Gasteiger partial charge in [0.25, 0.3) is 0 Å². The lowest BCUT2D eigenvalue weighted by atomic mass is 10.2. The van der Waals surface area contributed by atoms with Gasteiger partial charge >= 0.3 is 0 Å². The van der Waals surface area contributed by atoms with Gasteiger partial charge in [0.15, 0.2) is 0 Å². The van der Waals surface area contributed by atoms with Crippen molar-refractivity contribution < 1.29 is 4.79 Å². The summed E-state index contributed by atoms with van der Waals surface area (Å²) in [5, 5.41) is 6.02. The van der Waals surface area contributed by atoms with Gasteiger partial charge in [-0.2, -0.15) is 0 Å². The first-order chi connectivity index (χ1) is 7.63. The largest absolute Gasteiger partial charge is 0.374 e. The monoisotopic (exact) mass is 332 g/mol. The maximum absolute atomic E-state index is 11.6. The summed E-state index contributed by atoms with van der Waals surface area (Å²) in [6.45, 7) is 4.64. The van der Waals surface area contributed by atoms with Gasteiger partial charge in [0.1, 0.15) is 6.04 Å². The van der Waals surface area contributed by atoms with E-state index in [-0.39, 0.29) is 11.9 Å². The average Bonchev–Trinajstić information content (AvgIpc) is 2.29. The van der Waals surface area contributed by atoms with Gasteiger partial charge < -0.3 is 10.6 Å². The zero-order valence-electron chi connectivity index (χ0n) is 9.59. The maximum atomic E-state index is 11.6. The van der Waals surface area contributed by atoms with Gasteiger partial charge in [-0.3, -0.25) is 4.79 Å². The molecule has 3 nitrogen and oxygen atoms in total. The van der Waals surface area contributed by atoms with Crippen LogP contribution in [0.4, 0.5) is 5.69 Å². The lowest BCUT2D eigenvalue weighted by molar-refractivity contribution is -0.121. The summed E-state index contributed by atoms with van der Waals surface area (Å²) in [6.07, 6.45) is 0.960. The van der Waals surface area contributed by atoms with Gasteiger partial charge in [-0.05, 0) is 60.2 Å². The summed E-state index contributed by atoms with van der Waals surface area (Å²) in [4.78, 5) is 11.6. The number of anilines is 1. The van der Waals surface area contributed by atoms with Crippen molar-refractivity contribution in [3.05, 3.63) is 27.8 Å². The number of rotatable bonds is 5. The average molecular weight is 332 g/mol. The topological polar surface area (TPSA) is 41.1 Å². The smallest absolute Gasteiger partial charge is 0.242 e. The predicted molar refractivity (Wildman–Crippen MR) is 75.5 cm³/mol. The molecule has 1 atom stereocenters. The molecule has 0 aliphatic carbocycles. The third kappa shape index (κ3) is 4.38. The quantitative estimate of drug-likeness (QED) is 0.814. The molecule has 1 aromatic carbocycles. The third-order valence-electron chi connectivity index (χ3n) is 2.17. The van der Waals surface area contributed by atoms with Crippen LogP contribution >= 0.6 is 22.6 Å². The molecule has 0 aliphatic heterocycles. The molecule has 0 heterocycles. The molecule has 1 rings (SSSR count). The molecule has 0 spiro atoms. The highest BCUT2D eigenvalue weighted by Crippen LogP contribution is 2.12. The SMILES string of the molecule is CCCNC(=O)C(C)Nc1ccc(I)cc1. The zero-order chi connectivity index (χ0) is 12.0. The summed E-state index contributed by atoms with van der Waals surface area (Å²) in [5.41, 5.74) is 0.972. The molecule has 4 heteroatoms. The molecule has 88 valence electrons. The van der Waals surface area contributed by atoms with E-state index in [1.165, 1.54) is 3.57 Å².